The summed E-state index contributed by atoms with van der Waals surface area (Å²) in [6.07, 6.45) is 2.47. The number of nitrogens with zero attached hydrogens (tertiary/aromatic N) is 2. The summed E-state index contributed by atoms with van der Waals surface area (Å²) in [5.41, 5.74) is 1.000. The van der Waals surface area contributed by atoms with Gasteiger partial charge in [-0.05, 0) is 29.2 Å². The van der Waals surface area contributed by atoms with Gasteiger partial charge in [-0.15, -0.1) is 0 Å². The van der Waals surface area contributed by atoms with Crippen LogP contribution in [0.25, 0.3) is 10.8 Å². The first-order chi connectivity index (χ1) is 12.7. The monoisotopic (exact) mass is 351 g/mol. The van der Waals surface area contributed by atoms with Gasteiger partial charge in [-0.3, -0.25) is 9.59 Å². The van der Waals surface area contributed by atoms with Crippen molar-refractivity contribution in [3.63, 3.8) is 0 Å². The Bertz CT molecular complexity index is 814. The molecule has 5 nitrogen and oxygen atoms in total. The van der Waals surface area contributed by atoms with E-state index in [9.17, 15) is 9.59 Å². The highest BCUT2D eigenvalue weighted by Crippen LogP contribution is 2.18. The van der Waals surface area contributed by atoms with Crippen molar-refractivity contribution >= 4 is 22.6 Å². The number of hydrogen-bond donors (Lipinski definition) is 1. The van der Waals surface area contributed by atoms with Crippen molar-refractivity contribution in [2.75, 3.05) is 32.7 Å². The molecule has 0 spiro atoms. The third-order valence-corrected chi connectivity index (χ3v) is 5.44. The lowest BCUT2D eigenvalue weighted by atomic mass is 10.0. The molecular formula is C21H25N3O2. The molecule has 136 valence electrons. The van der Waals surface area contributed by atoms with E-state index in [-0.39, 0.29) is 17.9 Å². The number of piperazine rings is 1. The van der Waals surface area contributed by atoms with Gasteiger partial charge < -0.3 is 15.1 Å². The third-order valence-electron chi connectivity index (χ3n) is 5.44. The zero-order valence-electron chi connectivity index (χ0n) is 15.0. The van der Waals surface area contributed by atoms with E-state index in [0.717, 1.165) is 43.4 Å². The predicted octanol–water partition coefficient (Wildman–Crippen LogP) is 1.81. The maximum absolute atomic E-state index is 13.0. The van der Waals surface area contributed by atoms with Gasteiger partial charge in [-0.25, -0.2) is 0 Å². The van der Waals surface area contributed by atoms with Crippen LogP contribution in [0, 0.1) is 0 Å². The molecule has 4 rings (SSSR count). The molecule has 1 atom stereocenters. The van der Waals surface area contributed by atoms with E-state index in [1.54, 1.807) is 4.90 Å². The summed E-state index contributed by atoms with van der Waals surface area (Å²) in [4.78, 5) is 29.5. The molecule has 0 aromatic heterocycles. The van der Waals surface area contributed by atoms with Crippen molar-refractivity contribution in [3.8, 4) is 0 Å². The van der Waals surface area contributed by atoms with Crippen molar-refractivity contribution in [1.82, 2.24) is 15.1 Å². The molecule has 26 heavy (non-hydrogen) atoms. The Morgan fingerprint density at radius 2 is 1.77 bits per heavy atom. The second-order valence-corrected chi connectivity index (χ2v) is 7.20. The van der Waals surface area contributed by atoms with Crippen LogP contribution in [0.15, 0.2) is 42.5 Å². The molecule has 2 aliphatic rings. The van der Waals surface area contributed by atoms with E-state index >= 15 is 0 Å². The molecule has 2 fully saturated rings. The summed E-state index contributed by atoms with van der Waals surface area (Å²) in [7, 11) is 0. The first-order valence-electron chi connectivity index (χ1n) is 9.49. The summed E-state index contributed by atoms with van der Waals surface area (Å²) >= 11 is 0. The smallest absolute Gasteiger partial charge is 0.246 e. The van der Waals surface area contributed by atoms with Gasteiger partial charge in [0.2, 0.25) is 11.8 Å². The lowest BCUT2D eigenvalue weighted by molar-refractivity contribution is -0.145. The Kier molecular flexibility index (Phi) is 4.89. The molecule has 5 heteroatoms. The number of amides is 2. The van der Waals surface area contributed by atoms with Crippen LogP contribution in [0.5, 0.6) is 0 Å². The number of hydrogen-bond acceptors (Lipinski definition) is 3. The van der Waals surface area contributed by atoms with E-state index in [2.05, 4.69) is 29.6 Å². The topological polar surface area (TPSA) is 52.7 Å². The average molecular weight is 351 g/mol. The van der Waals surface area contributed by atoms with Gasteiger partial charge in [0.25, 0.3) is 0 Å². The van der Waals surface area contributed by atoms with Crippen molar-refractivity contribution in [2.45, 2.75) is 25.3 Å². The second-order valence-electron chi connectivity index (χ2n) is 7.20. The second kappa shape index (κ2) is 7.46. The highest BCUT2D eigenvalue weighted by atomic mass is 16.2. The van der Waals surface area contributed by atoms with Crippen LogP contribution in [0.2, 0.25) is 0 Å². The fourth-order valence-corrected chi connectivity index (χ4v) is 4.00. The first kappa shape index (κ1) is 17.0. The Morgan fingerprint density at radius 1 is 1.00 bits per heavy atom. The zero-order valence-corrected chi connectivity index (χ0v) is 15.0. The van der Waals surface area contributed by atoms with Crippen LogP contribution in [-0.2, 0) is 16.0 Å². The number of benzene rings is 2. The molecule has 2 aromatic rings. The Morgan fingerprint density at radius 3 is 2.58 bits per heavy atom. The average Bonchev–Trinajstić information content (AvgIpc) is 3.22. The van der Waals surface area contributed by atoms with E-state index in [1.165, 1.54) is 5.39 Å². The minimum Gasteiger partial charge on any atom is -0.341 e. The van der Waals surface area contributed by atoms with Crippen molar-refractivity contribution < 1.29 is 9.59 Å². The summed E-state index contributed by atoms with van der Waals surface area (Å²) < 4.78 is 0. The maximum Gasteiger partial charge on any atom is 0.246 e. The quantitative estimate of drug-likeness (QED) is 0.918. The number of carbonyl (C=O) groups excluding carboxylic acids is 2. The van der Waals surface area contributed by atoms with E-state index < -0.39 is 0 Å². The minimum atomic E-state index is -0.366. The fraction of sp³-hybridized carbons (Fsp3) is 0.429. The van der Waals surface area contributed by atoms with Crippen LogP contribution in [0.1, 0.15) is 18.4 Å². The molecule has 0 saturated carbocycles. The number of carbonyl (C=O) groups is 2. The third kappa shape index (κ3) is 3.44. The molecule has 2 heterocycles. The lowest BCUT2D eigenvalue weighted by Gasteiger charge is -2.37. The molecule has 0 unspecified atom stereocenters. The highest BCUT2D eigenvalue weighted by Gasteiger charge is 2.35. The van der Waals surface area contributed by atoms with Crippen molar-refractivity contribution in [1.29, 1.82) is 0 Å². The first-order valence-corrected chi connectivity index (χ1v) is 9.49. The maximum atomic E-state index is 13.0. The van der Waals surface area contributed by atoms with Crippen LogP contribution < -0.4 is 5.32 Å². The van der Waals surface area contributed by atoms with Gasteiger partial charge in [0, 0.05) is 32.7 Å². The highest BCUT2D eigenvalue weighted by molar-refractivity contribution is 5.90. The molecule has 2 amide bonds. The van der Waals surface area contributed by atoms with Gasteiger partial charge in [-0.2, -0.15) is 0 Å². The standard InChI is InChI=1S/C21H25N3O2/c25-20(14-16-7-8-17-5-1-2-6-18(17)13-16)24-12-9-22-15-19(24)21(26)23-10-3-4-11-23/h1-2,5-8,13,19,22H,3-4,9-12,14-15H2/t19-/m1/s1. The molecular weight excluding hydrogens is 326 g/mol. The summed E-state index contributed by atoms with van der Waals surface area (Å²) in [5, 5.41) is 5.59. The number of rotatable bonds is 3. The number of fused-ring (bicyclic) bond motifs is 1. The van der Waals surface area contributed by atoms with Gasteiger partial charge >= 0.3 is 0 Å². The van der Waals surface area contributed by atoms with Gasteiger partial charge in [0.05, 0.1) is 6.42 Å². The molecule has 1 N–H and O–H groups in total. The molecule has 2 aromatic carbocycles. The summed E-state index contributed by atoms with van der Waals surface area (Å²) in [6, 6.07) is 13.9. The van der Waals surface area contributed by atoms with Crippen LogP contribution in [-0.4, -0.2) is 60.4 Å². The van der Waals surface area contributed by atoms with E-state index in [1.807, 2.05) is 23.1 Å². The van der Waals surface area contributed by atoms with Crippen molar-refractivity contribution in [3.05, 3.63) is 48.0 Å². The molecule has 2 saturated heterocycles. The van der Waals surface area contributed by atoms with E-state index in [0.29, 0.717) is 19.5 Å². The van der Waals surface area contributed by atoms with Gasteiger partial charge in [0.15, 0.2) is 0 Å². The Labute approximate surface area is 154 Å². The van der Waals surface area contributed by atoms with Crippen LogP contribution in [0.4, 0.5) is 0 Å². The Hall–Kier alpha value is -2.40. The normalized spacial score (nSPS) is 20.5. The van der Waals surface area contributed by atoms with Crippen molar-refractivity contribution in [2.24, 2.45) is 0 Å². The Balaban J connectivity index is 1.49. The van der Waals surface area contributed by atoms with Crippen LogP contribution in [0.3, 0.4) is 0 Å². The lowest BCUT2D eigenvalue weighted by Crippen LogP contribution is -2.60. The fourth-order valence-electron chi connectivity index (χ4n) is 4.00. The predicted molar refractivity (Wildman–Crippen MR) is 102 cm³/mol. The number of likely N-dealkylation sites (tertiary alicyclic amines) is 1. The minimum absolute atomic E-state index is 0.0410. The largest absolute Gasteiger partial charge is 0.341 e. The number of nitrogens with one attached hydrogen (secondary N) is 1. The molecule has 0 bridgehead atoms. The van der Waals surface area contributed by atoms with Gasteiger partial charge in [0.1, 0.15) is 6.04 Å². The summed E-state index contributed by atoms with van der Waals surface area (Å²) in [5.74, 6) is 0.140. The molecule has 2 aliphatic heterocycles. The molecule has 0 aliphatic carbocycles. The van der Waals surface area contributed by atoms with Crippen LogP contribution >= 0.6 is 0 Å². The molecule has 0 radical (unpaired) electrons. The summed E-state index contributed by atoms with van der Waals surface area (Å²) in [6.45, 7) is 3.53. The van der Waals surface area contributed by atoms with Gasteiger partial charge in [-0.1, -0.05) is 42.5 Å². The SMILES string of the molecule is O=C([C@H]1CNCCN1C(=O)Cc1ccc2ccccc2c1)N1CCCC1. The zero-order chi connectivity index (χ0) is 17.9. The van der Waals surface area contributed by atoms with E-state index in [4.69, 9.17) is 0 Å².